The van der Waals surface area contributed by atoms with Crippen molar-refractivity contribution in [1.82, 2.24) is 9.88 Å². The molecular weight excluding hydrogens is 224 g/mol. The summed E-state index contributed by atoms with van der Waals surface area (Å²) in [4.78, 5) is 20.0. The summed E-state index contributed by atoms with van der Waals surface area (Å²) < 4.78 is 0. The number of piperazine rings is 1. The van der Waals surface area contributed by atoms with Gasteiger partial charge in [-0.1, -0.05) is 0 Å². The Balaban J connectivity index is 1.90. The van der Waals surface area contributed by atoms with Crippen molar-refractivity contribution in [3.05, 3.63) is 11.6 Å². The van der Waals surface area contributed by atoms with Crippen molar-refractivity contribution >= 4 is 22.4 Å². The first-order valence-electron chi connectivity index (χ1n) is 5.37. The van der Waals surface area contributed by atoms with Crippen LogP contribution in [0.5, 0.6) is 0 Å². The van der Waals surface area contributed by atoms with Gasteiger partial charge in [-0.25, -0.2) is 4.98 Å². The van der Waals surface area contributed by atoms with E-state index in [9.17, 15) is 4.79 Å². The van der Waals surface area contributed by atoms with Crippen molar-refractivity contribution in [1.29, 1.82) is 0 Å². The van der Waals surface area contributed by atoms with Gasteiger partial charge >= 0.3 is 0 Å². The minimum atomic E-state index is -0.397. The number of thiazole rings is 1. The molecule has 16 heavy (non-hydrogen) atoms. The van der Waals surface area contributed by atoms with Crippen LogP contribution in [0.25, 0.3) is 0 Å². The number of rotatable bonds is 2. The van der Waals surface area contributed by atoms with Crippen molar-refractivity contribution in [2.75, 3.05) is 31.1 Å². The second-order valence-electron chi connectivity index (χ2n) is 3.92. The number of nitrogens with zero attached hydrogens (tertiary/aromatic N) is 3. The van der Waals surface area contributed by atoms with E-state index in [1.165, 1.54) is 0 Å². The summed E-state index contributed by atoms with van der Waals surface area (Å²) in [6.45, 7) is 4.88. The molecule has 0 unspecified atom stereocenters. The number of hydrogen-bond donors (Lipinski definition) is 1. The lowest BCUT2D eigenvalue weighted by molar-refractivity contribution is -0.132. The summed E-state index contributed by atoms with van der Waals surface area (Å²) in [6, 6.07) is -0.397. The first-order chi connectivity index (χ1) is 7.68. The lowest BCUT2D eigenvalue weighted by Crippen LogP contribution is -2.52. The summed E-state index contributed by atoms with van der Waals surface area (Å²) in [5.41, 5.74) is 5.58. The van der Waals surface area contributed by atoms with Gasteiger partial charge in [0.1, 0.15) is 0 Å². The minimum absolute atomic E-state index is 0.0405. The van der Waals surface area contributed by atoms with E-state index in [4.69, 9.17) is 5.73 Å². The van der Waals surface area contributed by atoms with Gasteiger partial charge in [-0.2, -0.15) is 0 Å². The van der Waals surface area contributed by atoms with Gasteiger partial charge in [-0.05, 0) is 6.92 Å². The van der Waals surface area contributed by atoms with Crippen LogP contribution in [0.15, 0.2) is 11.6 Å². The average Bonchev–Trinajstić information content (AvgIpc) is 2.81. The fourth-order valence-electron chi connectivity index (χ4n) is 1.78. The number of hydrogen-bond acceptors (Lipinski definition) is 5. The smallest absolute Gasteiger partial charge is 0.239 e. The Hall–Kier alpha value is -1.14. The van der Waals surface area contributed by atoms with E-state index in [-0.39, 0.29) is 5.91 Å². The molecule has 0 bridgehead atoms. The van der Waals surface area contributed by atoms with Crippen LogP contribution in [-0.2, 0) is 4.79 Å². The third-order valence-corrected chi connectivity index (χ3v) is 3.50. The molecule has 5 nitrogen and oxygen atoms in total. The molecule has 0 radical (unpaired) electrons. The first kappa shape index (κ1) is 11.3. The van der Waals surface area contributed by atoms with Gasteiger partial charge < -0.3 is 15.5 Å². The minimum Gasteiger partial charge on any atom is -0.345 e. The molecule has 1 aliphatic rings. The molecule has 1 fully saturated rings. The van der Waals surface area contributed by atoms with Crippen molar-refractivity contribution in [3.8, 4) is 0 Å². The van der Waals surface area contributed by atoms with Gasteiger partial charge in [0.25, 0.3) is 0 Å². The van der Waals surface area contributed by atoms with Gasteiger partial charge in [0.05, 0.1) is 6.04 Å². The van der Waals surface area contributed by atoms with Crippen LogP contribution in [0, 0.1) is 0 Å². The van der Waals surface area contributed by atoms with Gasteiger partial charge in [0.15, 0.2) is 5.13 Å². The summed E-state index contributed by atoms with van der Waals surface area (Å²) in [7, 11) is 0. The molecule has 1 saturated heterocycles. The van der Waals surface area contributed by atoms with Crippen molar-refractivity contribution in [2.45, 2.75) is 13.0 Å². The maximum atomic E-state index is 11.7. The molecule has 0 spiro atoms. The SMILES string of the molecule is C[C@H](N)C(=O)N1CCN(c2nccs2)CC1. The number of carbonyl (C=O) groups is 1. The molecule has 1 aromatic rings. The first-order valence-corrected chi connectivity index (χ1v) is 6.25. The average molecular weight is 240 g/mol. The zero-order valence-electron chi connectivity index (χ0n) is 9.30. The molecule has 2 heterocycles. The molecular formula is C10H16N4OS. The van der Waals surface area contributed by atoms with E-state index in [1.807, 2.05) is 10.3 Å². The van der Waals surface area contributed by atoms with Crippen LogP contribution in [0.3, 0.4) is 0 Å². The number of anilines is 1. The highest BCUT2D eigenvalue weighted by molar-refractivity contribution is 7.13. The molecule has 2 rings (SSSR count). The van der Waals surface area contributed by atoms with Gasteiger partial charge in [0, 0.05) is 37.8 Å². The van der Waals surface area contributed by atoms with E-state index in [1.54, 1.807) is 24.5 Å². The van der Waals surface area contributed by atoms with Crippen molar-refractivity contribution < 1.29 is 4.79 Å². The van der Waals surface area contributed by atoms with Gasteiger partial charge in [-0.3, -0.25) is 4.79 Å². The number of nitrogens with two attached hydrogens (primary N) is 1. The molecule has 1 aromatic heterocycles. The summed E-state index contributed by atoms with van der Waals surface area (Å²) in [6.07, 6.45) is 1.81. The Morgan fingerprint density at radius 3 is 2.69 bits per heavy atom. The van der Waals surface area contributed by atoms with Crippen LogP contribution >= 0.6 is 11.3 Å². The molecule has 0 aromatic carbocycles. The molecule has 88 valence electrons. The van der Waals surface area contributed by atoms with Crippen molar-refractivity contribution in [3.63, 3.8) is 0 Å². The molecule has 0 aliphatic carbocycles. The van der Waals surface area contributed by atoms with E-state index >= 15 is 0 Å². The predicted octanol–water partition coefficient (Wildman–Crippen LogP) is 0.139. The molecule has 1 atom stereocenters. The number of amides is 1. The lowest BCUT2D eigenvalue weighted by atomic mass is 10.2. The summed E-state index contributed by atoms with van der Waals surface area (Å²) in [5, 5.41) is 3.00. The van der Waals surface area contributed by atoms with Gasteiger partial charge in [0.2, 0.25) is 5.91 Å². The van der Waals surface area contributed by atoms with Crippen LogP contribution in [0.4, 0.5) is 5.13 Å². The Labute approximate surface area is 98.9 Å². The Bertz CT molecular complexity index is 344. The molecule has 6 heteroatoms. The largest absolute Gasteiger partial charge is 0.345 e. The Morgan fingerprint density at radius 2 is 2.19 bits per heavy atom. The van der Waals surface area contributed by atoms with Crippen LogP contribution < -0.4 is 10.6 Å². The highest BCUT2D eigenvalue weighted by Gasteiger charge is 2.23. The Morgan fingerprint density at radius 1 is 1.50 bits per heavy atom. The number of carbonyl (C=O) groups excluding carboxylic acids is 1. The molecule has 1 aliphatic heterocycles. The third kappa shape index (κ3) is 2.33. The lowest BCUT2D eigenvalue weighted by Gasteiger charge is -2.35. The summed E-state index contributed by atoms with van der Waals surface area (Å²) in [5.74, 6) is 0.0405. The maximum absolute atomic E-state index is 11.7. The van der Waals surface area contributed by atoms with Gasteiger partial charge in [-0.15, -0.1) is 11.3 Å². The van der Waals surface area contributed by atoms with E-state index < -0.39 is 6.04 Å². The highest BCUT2D eigenvalue weighted by Crippen LogP contribution is 2.18. The van der Waals surface area contributed by atoms with E-state index in [0.29, 0.717) is 0 Å². The fraction of sp³-hybridized carbons (Fsp3) is 0.600. The Kier molecular flexibility index (Phi) is 3.40. The van der Waals surface area contributed by atoms with Crippen LogP contribution in [-0.4, -0.2) is 48.0 Å². The molecule has 0 saturated carbocycles. The second kappa shape index (κ2) is 4.80. The molecule has 1 amide bonds. The number of aromatic nitrogens is 1. The third-order valence-electron chi connectivity index (χ3n) is 2.67. The van der Waals surface area contributed by atoms with E-state index in [2.05, 4.69) is 9.88 Å². The molecule has 2 N–H and O–H groups in total. The predicted molar refractivity (Wildman–Crippen MR) is 64.6 cm³/mol. The van der Waals surface area contributed by atoms with Crippen LogP contribution in [0.1, 0.15) is 6.92 Å². The second-order valence-corrected chi connectivity index (χ2v) is 4.79. The highest BCUT2D eigenvalue weighted by atomic mass is 32.1. The van der Waals surface area contributed by atoms with E-state index in [0.717, 1.165) is 31.3 Å². The van der Waals surface area contributed by atoms with Crippen LogP contribution in [0.2, 0.25) is 0 Å². The quantitative estimate of drug-likeness (QED) is 0.798. The summed E-state index contributed by atoms with van der Waals surface area (Å²) >= 11 is 1.63. The zero-order chi connectivity index (χ0) is 11.5. The normalized spacial score (nSPS) is 18.6. The monoisotopic (exact) mass is 240 g/mol. The fourth-order valence-corrected chi connectivity index (χ4v) is 2.47. The topological polar surface area (TPSA) is 62.5 Å². The van der Waals surface area contributed by atoms with Crippen molar-refractivity contribution in [2.24, 2.45) is 5.73 Å². The standard InChI is InChI=1S/C10H16N4OS/c1-8(11)9(15)13-3-5-14(6-4-13)10-12-2-7-16-10/h2,7-8H,3-6,11H2,1H3/t8-/m0/s1. The maximum Gasteiger partial charge on any atom is 0.239 e. The zero-order valence-corrected chi connectivity index (χ0v) is 10.1.